The first-order valence-electron chi connectivity index (χ1n) is 7.82. The third kappa shape index (κ3) is 5.22. The van der Waals surface area contributed by atoms with Crippen molar-refractivity contribution in [3.8, 4) is 17.6 Å². The number of hydrogen-bond acceptors (Lipinski definition) is 5. The van der Waals surface area contributed by atoms with Crippen molar-refractivity contribution in [3.05, 3.63) is 63.9 Å². The normalized spacial score (nSPS) is 10.7. The highest BCUT2D eigenvalue weighted by molar-refractivity contribution is 6.32. The predicted octanol–water partition coefficient (Wildman–Crippen LogP) is 3.17. The Balaban J connectivity index is 2.31. The number of nitriles is 1. The van der Waals surface area contributed by atoms with Crippen molar-refractivity contribution in [1.29, 1.82) is 5.26 Å². The van der Waals surface area contributed by atoms with Gasteiger partial charge in [-0.05, 0) is 29.8 Å². The lowest BCUT2D eigenvalue weighted by atomic mass is 10.1. The van der Waals surface area contributed by atoms with E-state index < -0.39 is 17.8 Å². The van der Waals surface area contributed by atoms with Crippen LogP contribution in [0.3, 0.4) is 0 Å². The van der Waals surface area contributed by atoms with E-state index in [1.165, 1.54) is 31.4 Å². The molecule has 2 aromatic carbocycles. The number of rotatable bonds is 6. The fraction of sp³-hybridized carbons (Fsp3) is 0.105. The summed E-state index contributed by atoms with van der Waals surface area (Å²) in [6.07, 6.45) is 1.20. The molecule has 0 fully saturated rings. The van der Waals surface area contributed by atoms with Gasteiger partial charge in [0.25, 0.3) is 5.91 Å². The highest BCUT2D eigenvalue weighted by Crippen LogP contribution is 2.37. The number of ether oxygens (including phenoxy) is 2. The number of urea groups is 1. The van der Waals surface area contributed by atoms with Gasteiger partial charge in [-0.1, -0.05) is 29.8 Å². The monoisotopic (exact) mass is 403 g/mol. The number of primary amides is 1. The van der Waals surface area contributed by atoms with Gasteiger partial charge in [0.2, 0.25) is 0 Å². The lowest BCUT2D eigenvalue weighted by Crippen LogP contribution is -2.35. The van der Waals surface area contributed by atoms with E-state index >= 15 is 0 Å². The minimum atomic E-state index is -1.08. The van der Waals surface area contributed by atoms with Crippen LogP contribution in [0.25, 0.3) is 6.08 Å². The van der Waals surface area contributed by atoms with Gasteiger partial charge >= 0.3 is 6.03 Å². The number of halogens is 2. The van der Waals surface area contributed by atoms with E-state index in [2.05, 4.69) is 0 Å². The number of nitrogens with zero attached hydrogens (tertiary/aromatic N) is 1. The average Bonchev–Trinajstić information content (AvgIpc) is 2.65. The number of hydrogen-bond donors (Lipinski definition) is 2. The largest absolute Gasteiger partial charge is 0.493 e. The van der Waals surface area contributed by atoms with Gasteiger partial charge in [-0.25, -0.2) is 9.18 Å². The number of methoxy groups -OCH3 is 1. The molecule has 3 amide bonds. The smallest absolute Gasteiger partial charge is 0.319 e. The van der Waals surface area contributed by atoms with Gasteiger partial charge in [0.1, 0.15) is 24.1 Å². The molecule has 0 heterocycles. The van der Waals surface area contributed by atoms with Gasteiger partial charge in [0.15, 0.2) is 11.5 Å². The zero-order valence-electron chi connectivity index (χ0n) is 14.7. The van der Waals surface area contributed by atoms with Gasteiger partial charge < -0.3 is 15.2 Å². The number of nitrogens with two attached hydrogens (primary N) is 1. The first-order valence-corrected chi connectivity index (χ1v) is 8.19. The third-order valence-electron chi connectivity index (χ3n) is 3.49. The molecule has 7 nitrogen and oxygen atoms in total. The molecule has 0 aliphatic rings. The summed E-state index contributed by atoms with van der Waals surface area (Å²) in [6.45, 7) is -0.0810. The molecule has 0 aromatic heterocycles. The van der Waals surface area contributed by atoms with Gasteiger partial charge in [-0.3, -0.25) is 10.1 Å². The molecule has 0 bridgehead atoms. The fourth-order valence-electron chi connectivity index (χ4n) is 2.22. The van der Waals surface area contributed by atoms with E-state index in [0.717, 1.165) is 0 Å². The van der Waals surface area contributed by atoms with Crippen LogP contribution in [0, 0.1) is 17.1 Å². The summed E-state index contributed by atoms with van der Waals surface area (Å²) in [6, 6.07) is 9.60. The first kappa shape index (κ1) is 20.7. The second kappa shape index (κ2) is 9.39. The van der Waals surface area contributed by atoms with Gasteiger partial charge in [-0.15, -0.1) is 0 Å². The summed E-state index contributed by atoms with van der Waals surface area (Å²) in [5, 5.41) is 11.0. The van der Waals surface area contributed by atoms with E-state index in [1.807, 2.05) is 0 Å². The lowest BCUT2D eigenvalue weighted by molar-refractivity contribution is -0.115. The number of amides is 3. The molecule has 0 radical (unpaired) electrons. The molecule has 0 aliphatic carbocycles. The van der Waals surface area contributed by atoms with Crippen molar-refractivity contribution >= 4 is 29.6 Å². The minimum absolute atomic E-state index is 0.0810. The molecule has 0 aliphatic heterocycles. The van der Waals surface area contributed by atoms with Crippen molar-refractivity contribution < 1.29 is 23.5 Å². The van der Waals surface area contributed by atoms with Crippen LogP contribution in [0.15, 0.2) is 42.0 Å². The lowest BCUT2D eigenvalue weighted by Gasteiger charge is -2.14. The van der Waals surface area contributed by atoms with Gasteiger partial charge in [0.05, 0.1) is 12.1 Å². The van der Waals surface area contributed by atoms with Gasteiger partial charge in [-0.2, -0.15) is 5.26 Å². The van der Waals surface area contributed by atoms with Crippen LogP contribution >= 0.6 is 11.6 Å². The van der Waals surface area contributed by atoms with Crippen molar-refractivity contribution in [3.63, 3.8) is 0 Å². The Morgan fingerprint density at radius 2 is 2.07 bits per heavy atom. The van der Waals surface area contributed by atoms with Crippen molar-refractivity contribution in [2.45, 2.75) is 6.61 Å². The van der Waals surface area contributed by atoms with Crippen LogP contribution in [-0.4, -0.2) is 19.0 Å². The molecule has 2 rings (SSSR count). The number of benzene rings is 2. The molecule has 0 saturated carbocycles. The van der Waals surface area contributed by atoms with E-state index in [4.69, 9.17) is 32.1 Å². The van der Waals surface area contributed by atoms with Gasteiger partial charge in [0, 0.05) is 5.56 Å². The maximum absolute atomic E-state index is 13.7. The second-order valence-corrected chi connectivity index (χ2v) is 5.81. The van der Waals surface area contributed by atoms with Crippen molar-refractivity contribution in [2.75, 3.05) is 7.11 Å². The number of imide groups is 1. The van der Waals surface area contributed by atoms with Crippen LogP contribution in [0.5, 0.6) is 11.5 Å². The molecule has 3 N–H and O–H groups in total. The Labute approximate surface area is 165 Å². The minimum Gasteiger partial charge on any atom is -0.493 e. The summed E-state index contributed by atoms with van der Waals surface area (Å²) < 4.78 is 24.6. The summed E-state index contributed by atoms with van der Waals surface area (Å²) >= 11 is 6.22. The third-order valence-corrected chi connectivity index (χ3v) is 3.78. The number of nitrogens with one attached hydrogen (secondary N) is 1. The number of carbonyl (C=O) groups excluding carboxylic acids is 2. The highest BCUT2D eigenvalue weighted by Gasteiger charge is 2.15. The van der Waals surface area contributed by atoms with E-state index in [0.29, 0.717) is 11.1 Å². The average molecular weight is 404 g/mol. The molecular formula is C19H15ClFN3O4. The maximum atomic E-state index is 13.7. The maximum Gasteiger partial charge on any atom is 0.319 e. The molecule has 28 heavy (non-hydrogen) atoms. The molecular weight excluding hydrogens is 389 g/mol. The second-order valence-electron chi connectivity index (χ2n) is 5.40. The van der Waals surface area contributed by atoms with Crippen LogP contribution in [0.1, 0.15) is 11.1 Å². The van der Waals surface area contributed by atoms with Crippen LogP contribution < -0.4 is 20.5 Å². The van der Waals surface area contributed by atoms with Crippen LogP contribution in [0.2, 0.25) is 5.02 Å². The zero-order valence-corrected chi connectivity index (χ0v) is 15.4. The Kier molecular flexibility index (Phi) is 6.96. The molecule has 0 atom stereocenters. The standard InChI is InChI=1S/C19H15ClFN3O4/c1-27-16-8-11(6-13(9-22)18(25)24-19(23)26)7-14(20)17(16)28-10-12-4-2-3-5-15(12)21/h2-8H,10H2,1H3,(H3,23,24,25,26)/b13-6-. The molecule has 9 heteroatoms. The molecule has 0 saturated heterocycles. The van der Waals surface area contributed by atoms with E-state index in [9.17, 15) is 14.0 Å². The molecule has 0 spiro atoms. The van der Waals surface area contributed by atoms with Crippen molar-refractivity contribution in [2.24, 2.45) is 5.73 Å². The molecule has 0 unspecified atom stereocenters. The fourth-order valence-corrected chi connectivity index (χ4v) is 2.50. The first-order chi connectivity index (χ1) is 13.3. The predicted molar refractivity (Wildman–Crippen MR) is 100 cm³/mol. The SMILES string of the molecule is COc1cc(/C=C(/C#N)C(=O)NC(N)=O)cc(Cl)c1OCc1ccccc1F. The summed E-state index contributed by atoms with van der Waals surface area (Å²) in [5.41, 5.74) is 5.18. The topological polar surface area (TPSA) is 114 Å². The van der Waals surface area contributed by atoms with E-state index in [1.54, 1.807) is 29.6 Å². The Morgan fingerprint density at radius 3 is 2.68 bits per heavy atom. The van der Waals surface area contributed by atoms with Crippen molar-refractivity contribution in [1.82, 2.24) is 5.32 Å². The highest BCUT2D eigenvalue weighted by atomic mass is 35.5. The quantitative estimate of drug-likeness (QED) is 0.568. The van der Waals surface area contributed by atoms with Crippen LogP contribution in [0.4, 0.5) is 9.18 Å². The molecule has 144 valence electrons. The summed E-state index contributed by atoms with van der Waals surface area (Å²) in [7, 11) is 1.38. The Bertz CT molecular complexity index is 986. The number of carbonyl (C=O) groups is 2. The van der Waals surface area contributed by atoms with Crippen LogP contribution in [-0.2, 0) is 11.4 Å². The summed E-state index contributed by atoms with van der Waals surface area (Å²) in [4.78, 5) is 22.5. The van der Waals surface area contributed by atoms with E-state index in [-0.39, 0.29) is 28.7 Å². The zero-order chi connectivity index (χ0) is 20.7. The molecule has 2 aromatic rings. The summed E-state index contributed by atoms with van der Waals surface area (Å²) in [5.74, 6) is -0.992. The Morgan fingerprint density at radius 1 is 1.36 bits per heavy atom. The Hall–Kier alpha value is -3.57.